The van der Waals surface area contributed by atoms with E-state index >= 15 is 0 Å². The van der Waals surface area contributed by atoms with Crippen LogP contribution in [0.5, 0.6) is 0 Å². The number of benzene rings is 2. The Hall–Kier alpha value is -3.80. The average Bonchev–Trinajstić information content (AvgIpc) is 2.90. The lowest BCUT2D eigenvalue weighted by molar-refractivity contribution is 0.923. The van der Waals surface area contributed by atoms with Gasteiger partial charge in [0.05, 0.1) is 35.1 Å². The third-order valence-electron chi connectivity index (χ3n) is 5.54. The summed E-state index contributed by atoms with van der Waals surface area (Å²) in [6.45, 7) is 4.33. The Morgan fingerprint density at radius 3 is 1.91 bits per heavy atom. The van der Waals surface area contributed by atoms with E-state index in [1.807, 2.05) is 0 Å². The SMILES string of the molecule is CCCc1ccc(-c2ncc(N=C=S)cn2)cc1-c1cc(CC)ccc1-c1ncc(N=C=S)cn1. The highest BCUT2D eigenvalue weighted by Gasteiger charge is 2.16. The molecule has 2 aromatic carbocycles. The molecule has 0 bridgehead atoms. The largest absolute Gasteiger partial charge is 0.234 e. The van der Waals surface area contributed by atoms with Gasteiger partial charge >= 0.3 is 0 Å². The first-order valence-corrected chi connectivity index (χ1v) is 12.0. The van der Waals surface area contributed by atoms with E-state index in [1.54, 1.807) is 24.8 Å². The summed E-state index contributed by atoms with van der Waals surface area (Å²) in [5.41, 5.74) is 7.67. The van der Waals surface area contributed by atoms with Crippen molar-refractivity contribution < 1.29 is 0 Å². The molecule has 172 valence electrons. The molecule has 0 radical (unpaired) electrons. The maximum atomic E-state index is 4.69. The smallest absolute Gasteiger partial charge is 0.159 e. The highest BCUT2D eigenvalue weighted by Crippen LogP contribution is 2.36. The normalized spacial score (nSPS) is 10.3. The van der Waals surface area contributed by atoms with Gasteiger partial charge in [0.1, 0.15) is 11.4 Å². The number of isothiocyanates is 2. The van der Waals surface area contributed by atoms with Crippen LogP contribution >= 0.6 is 24.4 Å². The van der Waals surface area contributed by atoms with E-state index in [9.17, 15) is 0 Å². The number of aliphatic imine (C=N–C) groups is 2. The van der Waals surface area contributed by atoms with E-state index in [0.29, 0.717) is 23.0 Å². The molecule has 0 atom stereocenters. The number of nitrogens with zero attached hydrogens (tertiary/aromatic N) is 6. The summed E-state index contributed by atoms with van der Waals surface area (Å²) in [7, 11) is 0. The molecule has 0 unspecified atom stereocenters. The summed E-state index contributed by atoms with van der Waals surface area (Å²) in [5.74, 6) is 1.24. The van der Waals surface area contributed by atoms with Crippen LogP contribution in [0.2, 0.25) is 0 Å². The van der Waals surface area contributed by atoms with Crippen LogP contribution in [0.25, 0.3) is 33.9 Å². The number of aromatic nitrogens is 4. The van der Waals surface area contributed by atoms with E-state index in [1.165, 1.54) is 11.1 Å². The minimum atomic E-state index is 0.572. The fourth-order valence-electron chi connectivity index (χ4n) is 3.83. The summed E-state index contributed by atoms with van der Waals surface area (Å²) < 4.78 is 0. The zero-order chi connectivity index (χ0) is 24.6. The van der Waals surface area contributed by atoms with E-state index in [2.05, 4.69) is 115 Å². The number of hydrogen-bond acceptors (Lipinski definition) is 8. The Labute approximate surface area is 215 Å². The van der Waals surface area contributed by atoms with E-state index in [4.69, 9.17) is 0 Å². The molecule has 0 amide bonds. The third-order valence-corrected chi connectivity index (χ3v) is 5.72. The van der Waals surface area contributed by atoms with E-state index in [0.717, 1.165) is 41.5 Å². The molecule has 2 heterocycles. The van der Waals surface area contributed by atoms with Crippen molar-refractivity contribution in [2.24, 2.45) is 9.98 Å². The fourth-order valence-corrected chi connectivity index (χ4v) is 4.05. The minimum absolute atomic E-state index is 0.572. The lowest BCUT2D eigenvalue weighted by Crippen LogP contribution is -1.98. The maximum Gasteiger partial charge on any atom is 0.159 e. The lowest BCUT2D eigenvalue weighted by Gasteiger charge is -2.16. The predicted octanol–water partition coefficient (Wildman–Crippen LogP) is 7.25. The number of thiocarbonyl (C=S) groups is 2. The van der Waals surface area contributed by atoms with Crippen LogP contribution in [-0.4, -0.2) is 30.3 Å². The highest BCUT2D eigenvalue weighted by atomic mass is 32.1. The molecular formula is C27H22N6S2. The van der Waals surface area contributed by atoms with Gasteiger partial charge in [-0.1, -0.05) is 50.6 Å². The quantitative estimate of drug-likeness (QED) is 0.190. The molecular weight excluding hydrogens is 472 g/mol. The van der Waals surface area contributed by atoms with Gasteiger partial charge in [-0.3, -0.25) is 0 Å². The van der Waals surface area contributed by atoms with E-state index < -0.39 is 0 Å². The summed E-state index contributed by atoms with van der Waals surface area (Å²) in [6, 6.07) is 12.8. The fraction of sp³-hybridized carbons (Fsp3) is 0.185. The van der Waals surface area contributed by atoms with Crippen molar-refractivity contribution in [1.29, 1.82) is 0 Å². The van der Waals surface area contributed by atoms with Gasteiger partial charge in [-0.2, -0.15) is 9.98 Å². The van der Waals surface area contributed by atoms with Gasteiger partial charge in [0.2, 0.25) is 0 Å². The monoisotopic (exact) mass is 494 g/mol. The van der Waals surface area contributed by atoms with Crippen LogP contribution in [0.4, 0.5) is 11.4 Å². The number of hydrogen-bond donors (Lipinski definition) is 0. The van der Waals surface area contributed by atoms with Crippen molar-refractivity contribution in [2.45, 2.75) is 33.1 Å². The molecule has 0 spiro atoms. The molecule has 0 fully saturated rings. The summed E-state index contributed by atoms with van der Waals surface area (Å²) >= 11 is 9.36. The first kappa shape index (κ1) is 24.3. The maximum absolute atomic E-state index is 4.69. The van der Waals surface area contributed by atoms with Gasteiger partial charge in [0.25, 0.3) is 0 Å². The Bertz CT molecular complexity index is 1440. The van der Waals surface area contributed by atoms with Crippen LogP contribution in [0.1, 0.15) is 31.4 Å². The summed E-state index contributed by atoms with van der Waals surface area (Å²) in [6.07, 6.45) is 9.48. The van der Waals surface area contributed by atoms with Crippen molar-refractivity contribution >= 4 is 46.1 Å². The first-order chi connectivity index (χ1) is 17.2. The molecule has 0 saturated carbocycles. The van der Waals surface area contributed by atoms with Gasteiger partial charge < -0.3 is 0 Å². The Balaban J connectivity index is 1.89. The second-order valence-electron chi connectivity index (χ2n) is 7.79. The van der Waals surface area contributed by atoms with Gasteiger partial charge in [-0.25, -0.2) is 19.9 Å². The highest BCUT2D eigenvalue weighted by molar-refractivity contribution is 7.78. The Morgan fingerprint density at radius 2 is 1.34 bits per heavy atom. The van der Waals surface area contributed by atoms with Crippen molar-refractivity contribution in [1.82, 2.24) is 19.9 Å². The molecule has 0 aliphatic rings. The van der Waals surface area contributed by atoms with Crippen LogP contribution in [0.3, 0.4) is 0 Å². The molecule has 8 heteroatoms. The van der Waals surface area contributed by atoms with Gasteiger partial charge in [-0.15, -0.1) is 0 Å². The summed E-state index contributed by atoms with van der Waals surface area (Å²) in [5, 5.41) is 4.69. The molecule has 4 aromatic rings. The van der Waals surface area contributed by atoms with Crippen LogP contribution in [0.15, 0.2) is 71.2 Å². The standard InChI is InChI=1S/C27H22N6S2/c1-3-5-19-7-8-20(26-28-12-21(13-29-26)32-16-34)11-24(19)25-10-18(4-2)6-9-23(25)27-30-14-22(15-31-27)33-17-35/h6-15H,3-5H2,1-2H3. The van der Waals surface area contributed by atoms with Gasteiger partial charge in [0, 0.05) is 11.1 Å². The van der Waals surface area contributed by atoms with Gasteiger partial charge in [0.15, 0.2) is 11.6 Å². The van der Waals surface area contributed by atoms with Crippen molar-refractivity contribution in [3.05, 3.63) is 72.3 Å². The zero-order valence-electron chi connectivity index (χ0n) is 19.4. The third kappa shape index (κ3) is 5.65. The second kappa shape index (κ2) is 11.6. The minimum Gasteiger partial charge on any atom is -0.234 e. The first-order valence-electron chi connectivity index (χ1n) is 11.2. The molecule has 4 rings (SSSR count). The number of rotatable bonds is 8. The molecule has 0 N–H and O–H groups in total. The lowest BCUT2D eigenvalue weighted by atomic mass is 9.90. The predicted molar refractivity (Wildman–Crippen MR) is 147 cm³/mol. The van der Waals surface area contributed by atoms with Crippen molar-refractivity contribution in [3.63, 3.8) is 0 Å². The van der Waals surface area contributed by atoms with Gasteiger partial charge in [-0.05, 0) is 65.6 Å². The van der Waals surface area contributed by atoms with Crippen molar-refractivity contribution in [3.8, 4) is 33.9 Å². The molecule has 0 saturated heterocycles. The molecule has 2 aromatic heterocycles. The molecule has 0 aliphatic carbocycles. The Kier molecular flexibility index (Phi) is 8.03. The van der Waals surface area contributed by atoms with Crippen molar-refractivity contribution in [2.75, 3.05) is 0 Å². The molecule has 0 aliphatic heterocycles. The topological polar surface area (TPSA) is 76.3 Å². The number of aryl methyl sites for hydroxylation is 2. The molecule has 6 nitrogen and oxygen atoms in total. The Morgan fingerprint density at radius 1 is 0.714 bits per heavy atom. The summed E-state index contributed by atoms with van der Waals surface area (Å²) in [4.78, 5) is 26.0. The molecule has 35 heavy (non-hydrogen) atoms. The van der Waals surface area contributed by atoms with Crippen LogP contribution in [-0.2, 0) is 12.8 Å². The van der Waals surface area contributed by atoms with Crippen LogP contribution in [0, 0.1) is 0 Å². The van der Waals surface area contributed by atoms with E-state index in [-0.39, 0.29) is 0 Å². The average molecular weight is 495 g/mol. The second-order valence-corrected chi connectivity index (χ2v) is 8.16. The zero-order valence-corrected chi connectivity index (χ0v) is 21.0. The van der Waals surface area contributed by atoms with Crippen LogP contribution < -0.4 is 0 Å².